The molecule has 18 heavy (non-hydrogen) atoms. The van der Waals surface area contributed by atoms with E-state index in [1.807, 2.05) is 12.5 Å². The first-order chi connectivity index (χ1) is 8.78. The number of nitrogens with zero attached hydrogens (tertiary/aromatic N) is 2. The van der Waals surface area contributed by atoms with Gasteiger partial charge in [0.25, 0.3) is 0 Å². The largest absolute Gasteiger partial charge is 0.337 e. The van der Waals surface area contributed by atoms with Gasteiger partial charge >= 0.3 is 0 Å². The van der Waals surface area contributed by atoms with E-state index in [0.29, 0.717) is 4.08 Å². The molecule has 2 heterocycles. The topological polar surface area (TPSA) is 17.8 Å². The van der Waals surface area contributed by atoms with Crippen molar-refractivity contribution in [3.63, 3.8) is 0 Å². The molecule has 0 aromatic carbocycles. The highest BCUT2D eigenvalue weighted by molar-refractivity contribution is 8.21. The molecule has 0 bridgehead atoms. The molecule has 0 aliphatic carbocycles. The lowest BCUT2D eigenvalue weighted by molar-refractivity contribution is 0.589. The molecule has 1 aromatic heterocycles. The van der Waals surface area contributed by atoms with Gasteiger partial charge in [-0.2, -0.15) is 0 Å². The van der Waals surface area contributed by atoms with Crippen LogP contribution < -0.4 is 0 Å². The second-order valence-corrected chi connectivity index (χ2v) is 8.35. The Labute approximate surface area is 119 Å². The lowest BCUT2D eigenvalue weighted by Gasteiger charge is -2.26. The monoisotopic (exact) mass is 284 g/mol. The van der Waals surface area contributed by atoms with Gasteiger partial charge in [-0.3, -0.25) is 0 Å². The average Bonchev–Trinajstić information content (AvgIpc) is 3.04. The van der Waals surface area contributed by atoms with Crippen LogP contribution in [0.15, 0.2) is 18.7 Å². The molecular formula is C14H24N2S2. The van der Waals surface area contributed by atoms with E-state index in [1.54, 1.807) is 0 Å². The molecule has 2 rings (SSSR count). The number of rotatable bonds is 7. The van der Waals surface area contributed by atoms with Gasteiger partial charge in [-0.1, -0.05) is 26.7 Å². The molecule has 0 saturated carbocycles. The van der Waals surface area contributed by atoms with E-state index in [9.17, 15) is 0 Å². The predicted molar refractivity (Wildman–Crippen MR) is 83.2 cm³/mol. The van der Waals surface area contributed by atoms with Crippen molar-refractivity contribution in [3.8, 4) is 0 Å². The number of thioether (sulfide) groups is 2. The van der Waals surface area contributed by atoms with Crippen LogP contribution in [0.2, 0.25) is 0 Å². The molecule has 0 radical (unpaired) electrons. The lowest BCUT2D eigenvalue weighted by Crippen LogP contribution is -2.19. The highest BCUT2D eigenvalue weighted by Gasteiger charge is 2.38. The Balaban J connectivity index is 1.83. The smallest absolute Gasteiger partial charge is 0.0945 e. The highest BCUT2D eigenvalue weighted by Crippen LogP contribution is 2.53. The van der Waals surface area contributed by atoms with E-state index in [2.05, 4.69) is 53.1 Å². The summed E-state index contributed by atoms with van der Waals surface area (Å²) in [6.07, 6.45) is 12.5. The second kappa shape index (κ2) is 6.90. The van der Waals surface area contributed by atoms with E-state index in [0.717, 1.165) is 11.8 Å². The van der Waals surface area contributed by atoms with Gasteiger partial charge in [-0.15, -0.1) is 23.5 Å². The molecule has 0 amide bonds. The fourth-order valence-corrected chi connectivity index (χ4v) is 6.13. The molecular weight excluding hydrogens is 260 g/mol. The Bertz CT molecular complexity index is 340. The minimum atomic E-state index is 0.461. The predicted octanol–water partition coefficient (Wildman–Crippen LogP) is 4.42. The minimum Gasteiger partial charge on any atom is -0.337 e. The Kier molecular flexibility index (Phi) is 5.49. The van der Waals surface area contributed by atoms with E-state index in [1.165, 1.54) is 37.9 Å². The van der Waals surface area contributed by atoms with Gasteiger partial charge in [0, 0.05) is 29.9 Å². The molecule has 102 valence electrons. The first-order valence-corrected chi connectivity index (χ1v) is 8.92. The van der Waals surface area contributed by atoms with Crippen molar-refractivity contribution in [1.82, 2.24) is 9.55 Å². The summed E-state index contributed by atoms with van der Waals surface area (Å²) in [5.74, 6) is 1.35. The standard InChI is InChI=1S/C14H24N2S2/c1-3-5-6-13-11-17-14(4-2,18-13)7-9-16-10-8-15-12-16/h8,10,12-13H,3-7,9,11H2,1-2H3. The molecule has 2 unspecified atom stereocenters. The van der Waals surface area contributed by atoms with Gasteiger partial charge in [0.05, 0.1) is 10.4 Å². The summed E-state index contributed by atoms with van der Waals surface area (Å²) in [5.41, 5.74) is 0. The summed E-state index contributed by atoms with van der Waals surface area (Å²) >= 11 is 4.45. The van der Waals surface area contributed by atoms with Crippen LogP contribution in [0.1, 0.15) is 46.0 Å². The second-order valence-electron chi connectivity index (χ2n) is 5.01. The maximum atomic E-state index is 4.12. The van der Waals surface area contributed by atoms with Crippen LogP contribution in [-0.2, 0) is 6.54 Å². The van der Waals surface area contributed by atoms with Crippen LogP contribution in [0.3, 0.4) is 0 Å². The molecule has 2 atom stereocenters. The molecule has 1 aromatic rings. The van der Waals surface area contributed by atoms with Crippen molar-refractivity contribution >= 4 is 23.5 Å². The first-order valence-electron chi connectivity index (χ1n) is 7.05. The third-order valence-electron chi connectivity index (χ3n) is 3.64. The summed E-state index contributed by atoms with van der Waals surface area (Å²) in [6, 6.07) is 0. The average molecular weight is 284 g/mol. The van der Waals surface area contributed by atoms with E-state index in [-0.39, 0.29) is 0 Å². The van der Waals surface area contributed by atoms with Crippen molar-refractivity contribution in [1.29, 1.82) is 0 Å². The quantitative estimate of drug-likeness (QED) is 0.738. The van der Waals surface area contributed by atoms with Gasteiger partial charge in [-0.05, 0) is 19.3 Å². The van der Waals surface area contributed by atoms with Crippen LogP contribution in [0.5, 0.6) is 0 Å². The van der Waals surface area contributed by atoms with Gasteiger partial charge in [0.1, 0.15) is 0 Å². The number of aromatic nitrogens is 2. The number of imidazole rings is 1. The van der Waals surface area contributed by atoms with Gasteiger partial charge in [0.2, 0.25) is 0 Å². The number of hydrogen-bond donors (Lipinski definition) is 0. The minimum absolute atomic E-state index is 0.461. The Morgan fingerprint density at radius 1 is 1.44 bits per heavy atom. The SMILES string of the molecule is CCCCC1CSC(CC)(CCn2ccnc2)S1. The molecule has 1 saturated heterocycles. The third kappa shape index (κ3) is 3.70. The summed E-state index contributed by atoms with van der Waals surface area (Å²) < 4.78 is 2.67. The Hall–Kier alpha value is -0.0900. The van der Waals surface area contributed by atoms with Crippen LogP contribution in [-0.4, -0.2) is 24.6 Å². The highest BCUT2D eigenvalue weighted by atomic mass is 32.2. The van der Waals surface area contributed by atoms with Crippen molar-refractivity contribution in [2.45, 2.75) is 61.8 Å². The third-order valence-corrected chi connectivity index (χ3v) is 7.74. The maximum Gasteiger partial charge on any atom is 0.0945 e. The Morgan fingerprint density at radius 2 is 2.33 bits per heavy atom. The zero-order chi connectivity index (χ0) is 12.8. The zero-order valence-corrected chi connectivity index (χ0v) is 13.1. The summed E-state index contributed by atoms with van der Waals surface area (Å²) in [7, 11) is 0. The number of aryl methyl sites for hydroxylation is 1. The van der Waals surface area contributed by atoms with Crippen LogP contribution in [0.4, 0.5) is 0 Å². The number of hydrogen-bond acceptors (Lipinski definition) is 3. The molecule has 2 nitrogen and oxygen atoms in total. The molecule has 1 aliphatic rings. The summed E-state index contributed by atoms with van der Waals surface area (Å²) in [5, 5.41) is 0.887. The van der Waals surface area contributed by atoms with Gasteiger partial charge in [-0.25, -0.2) is 4.98 Å². The van der Waals surface area contributed by atoms with Crippen LogP contribution in [0.25, 0.3) is 0 Å². The molecule has 0 N–H and O–H groups in total. The summed E-state index contributed by atoms with van der Waals surface area (Å²) in [6.45, 7) is 5.74. The van der Waals surface area contributed by atoms with Crippen molar-refractivity contribution < 1.29 is 0 Å². The normalized spacial score (nSPS) is 27.8. The number of unbranched alkanes of at least 4 members (excludes halogenated alkanes) is 1. The van der Waals surface area contributed by atoms with Crippen LogP contribution in [0, 0.1) is 0 Å². The van der Waals surface area contributed by atoms with E-state index < -0.39 is 0 Å². The molecule has 1 aliphatic heterocycles. The first kappa shape index (κ1) is 14.3. The fourth-order valence-electron chi connectivity index (χ4n) is 2.40. The van der Waals surface area contributed by atoms with Crippen molar-refractivity contribution in [2.24, 2.45) is 0 Å². The fraction of sp³-hybridized carbons (Fsp3) is 0.786. The lowest BCUT2D eigenvalue weighted by atomic mass is 10.2. The zero-order valence-electron chi connectivity index (χ0n) is 11.5. The molecule has 1 fully saturated rings. The van der Waals surface area contributed by atoms with Crippen molar-refractivity contribution in [3.05, 3.63) is 18.7 Å². The van der Waals surface area contributed by atoms with E-state index >= 15 is 0 Å². The van der Waals surface area contributed by atoms with Gasteiger partial charge in [0.15, 0.2) is 0 Å². The summed E-state index contributed by atoms with van der Waals surface area (Å²) in [4.78, 5) is 4.12. The van der Waals surface area contributed by atoms with Crippen LogP contribution >= 0.6 is 23.5 Å². The maximum absolute atomic E-state index is 4.12. The van der Waals surface area contributed by atoms with Gasteiger partial charge < -0.3 is 4.57 Å². The molecule has 0 spiro atoms. The molecule has 4 heteroatoms. The van der Waals surface area contributed by atoms with E-state index in [4.69, 9.17) is 0 Å². The Morgan fingerprint density at radius 3 is 3.00 bits per heavy atom. The van der Waals surface area contributed by atoms with Crippen molar-refractivity contribution in [2.75, 3.05) is 5.75 Å².